The Balaban J connectivity index is 1.55. The second-order valence-corrected chi connectivity index (χ2v) is 13.6. The monoisotopic (exact) mass is 478 g/mol. The second kappa shape index (κ2) is 9.43. The molecule has 4 fully saturated rings. The number of aliphatic hydroxyl groups is 4. The summed E-state index contributed by atoms with van der Waals surface area (Å²) in [7, 11) is 0. The lowest BCUT2D eigenvalue weighted by Crippen LogP contribution is -2.59. The fourth-order valence-corrected chi connectivity index (χ4v) is 9.89. The summed E-state index contributed by atoms with van der Waals surface area (Å²) < 4.78 is 0. The molecule has 0 bridgehead atoms. The van der Waals surface area contributed by atoms with Gasteiger partial charge in [-0.15, -0.1) is 0 Å². The maximum Gasteiger partial charge on any atom is 0.136 e. The number of carbonyl (C=O) groups excluding carboxylic acids is 1. The van der Waals surface area contributed by atoms with Gasteiger partial charge >= 0.3 is 0 Å². The summed E-state index contributed by atoms with van der Waals surface area (Å²) in [5, 5.41) is 43.1. The van der Waals surface area contributed by atoms with Crippen LogP contribution in [-0.2, 0) is 4.79 Å². The Kier molecular flexibility index (Phi) is 7.37. The Hall–Kier alpha value is -0.490. The van der Waals surface area contributed by atoms with Crippen molar-refractivity contribution in [2.24, 2.45) is 58.2 Å². The van der Waals surface area contributed by atoms with Crippen molar-refractivity contribution in [3.05, 3.63) is 0 Å². The molecule has 5 heteroatoms. The molecule has 5 nitrogen and oxygen atoms in total. The zero-order valence-electron chi connectivity index (χ0n) is 22.3. The normalized spacial score (nSPS) is 48.0. The molecule has 0 saturated heterocycles. The molecule has 4 aliphatic carbocycles. The predicted molar refractivity (Wildman–Crippen MR) is 133 cm³/mol. The van der Waals surface area contributed by atoms with E-state index in [4.69, 9.17) is 0 Å². The molecule has 0 aromatic carbocycles. The minimum atomic E-state index is -0.783. The molecule has 4 unspecified atom stereocenters. The van der Waals surface area contributed by atoms with Gasteiger partial charge in [-0.05, 0) is 90.8 Å². The summed E-state index contributed by atoms with van der Waals surface area (Å²) in [5.74, 6) is 2.12. The maximum atomic E-state index is 13.4. The lowest BCUT2D eigenvalue weighted by Gasteiger charge is -2.61. The van der Waals surface area contributed by atoms with E-state index in [0.29, 0.717) is 48.9 Å². The van der Waals surface area contributed by atoms with Crippen LogP contribution in [0.1, 0.15) is 92.9 Å². The van der Waals surface area contributed by atoms with Gasteiger partial charge in [-0.3, -0.25) is 4.79 Å². The SMILES string of the molecule is CC[C@@H](C(C)C)[C@@H](O)[C@H](O)C(C)C1CCC2[C@@H]3CC(=O)[C@H]4C[C@H](O)[C@H](O)C[C@]4(C)C3CC[C@]12C. The molecule has 4 aliphatic rings. The predicted octanol–water partition coefficient (Wildman–Crippen LogP) is 4.20. The minimum Gasteiger partial charge on any atom is -0.390 e. The number of hydrogen-bond acceptors (Lipinski definition) is 5. The zero-order valence-corrected chi connectivity index (χ0v) is 22.3. The summed E-state index contributed by atoms with van der Waals surface area (Å²) in [6.07, 6.45) is 3.69. The highest BCUT2D eigenvalue weighted by atomic mass is 16.3. The number of rotatable bonds is 6. The third-order valence-corrected chi connectivity index (χ3v) is 11.8. The van der Waals surface area contributed by atoms with Gasteiger partial charge in [0.15, 0.2) is 0 Å². The molecule has 0 radical (unpaired) electrons. The van der Waals surface area contributed by atoms with E-state index in [1.807, 2.05) is 0 Å². The van der Waals surface area contributed by atoms with Crippen molar-refractivity contribution in [1.82, 2.24) is 0 Å². The topological polar surface area (TPSA) is 98.0 Å². The van der Waals surface area contributed by atoms with Crippen molar-refractivity contribution >= 4 is 5.78 Å². The molecule has 0 aromatic heterocycles. The molecule has 0 heterocycles. The fourth-order valence-electron chi connectivity index (χ4n) is 9.89. The van der Waals surface area contributed by atoms with Gasteiger partial charge in [0.05, 0.1) is 24.4 Å². The van der Waals surface area contributed by atoms with E-state index in [1.165, 1.54) is 0 Å². The van der Waals surface area contributed by atoms with E-state index in [9.17, 15) is 25.2 Å². The summed E-state index contributed by atoms with van der Waals surface area (Å²) in [6, 6.07) is 0. The number of fused-ring (bicyclic) bond motifs is 5. The molecule has 13 atom stereocenters. The van der Waals surface area contributed by atoms with Gasteiger partial charge < -0.3 is 20.4 Å². The lowest BCUT2D eigenvalue weighted by molar-refractivity contribution is -0.175. The van der Waals surface area contributed by atoms with Crippen LogP contribution in [0.3, 0.4) is 0 Å². The third-order valence-electron chi connectivity index (χ3n) is 11.8. The Bertz CT molecular complexity index is 753. The zero-order chi connectivity index (χ0) is 25.2. The minimum absolute atomic E-state index is 0.0172. The molecule has 196 valence electrons. The number of ketones is 1. The van der Waals surface area contributed by atoms with Crippen molar-refractivity contribution in [2.75, 3.05) is 0 Å². The number of Topliss-reactive ketones (excluding diaryl/α,β-unsaturated/α-hetero) is 1. The standard InChI is InChI=1S/C29H50O5/c1-7-17(15(2)3)27(34)26(33)16(4)19-8-9-20-18-12-23(30)22-13-24(31)25(32)14-29(22,6)21(18)10-11-28(19,20)5/h15-22,24-27,31-34H,7-14H2,1-6H3/t16?,17-,18-,19?,20?,21?,22+,24-,25+,26+,27+,28+,29+/m0/s1. The van der Waals surface area contributed by atoms with Crippen LogP contribution in [0.15, 0.2) is 0 Å². The van der Waals surface area contributed by atoms with Crippen LogP contribution < -0.4 is 0 Å². The summed E-state index contributed by atoms with van der Waals surface area (Å²) in [6.45, 7) is 13.1. The van der Waals surface area contributed by atoms with Crippen molar-refractivity contribution in [3.8, 4) is 0 Å². The van der Waals surface area contributed by atoms with E-state index >= 15 is 0 Å². The van der Waals surface area contributed by atoms with E-state index in [2.05, 4.69) is 41.5 Å². The summed E-state index contributed by atoms with van der Waals surface area (Å²) >= 11 is 0. The van der Waals surface area contributed by atoms with Gasteiger partial charge in [-0.2, -0.15) is 0 Å². The highest BCUT2D eigenvalue weighted by Crippen LogP contribution is 2.67. The van der Waals surface area contributed by atoms with Gasteiger partial charge in [-0.25, -0.2) is 0 Å². The van der Waals surface area contributed by atoms with Gasteiger partial charge in [0.1, 0.15) is 5.78 Å². The number of hydrogen-bond donors (Lipinski definition) is 4. The Morgan fingerprint density at radius 3 is 2.21 bits per heavy atom. The molecule has 4 N–H and O–H groups in total. The lowest BCUT2D eigenvalue weighted by atomic mass is 9.44. The van der Waals surface area contributed by atoms with Gasteiger partial charge in [-0.1, -0.05) is 48.0 Å². The second-order valence-electron chi connectivity index (χ2n) is 13.6. The van der Waals surface area contributed by atoms with Gasteiger partial charge in [0.25, 0.3) is 0 Å². The molecular weight excluding hydrogens is 428 g/mol. The molecule has 4 rings (SSSR count). The first-order valence-corrected chi connectivity index (χ1v) is 14.1. The highest BCUT2D eigenvalue weighted by molar-refractivity contribution is 5.83. The average molecular weight is 479 g/mol. The number of aliphatic hydroxyl groups excluding tert-OH is 4. The summed E-state index contributed by atoms with van der Waals surface area (Å²) in [5.41, 5.74) is -0.165. The quantitative estimate of drug-likeness (QED) is 0.459. The molecule has 0 amide bonds. The molecule has 0 aliphatic heterocycles. The highest BCUT2D eigenvalue weighted by Gasteiger charge is 2.63. The van der Waals surface area contributed by atoms with Crippen molar-refractivity contribution < 1.29 is 25.2 Å². The van der Waals surface area contributed by atoms with Crippen molar-refractivity contribution in [1.29, 1.82) is 0 Å². The smallest absolute Gasteiger partial charge is 0.136 e. The van der Waals surface area contributed by atoms with Crippen molar-refractivity contribution in [2.45, 2.75) is 117 Å². The van der Waals surface area contributed by atoms with Crippen LogP contribution >= 0.6 is 0 Å². The molecule has 4 saturated carbocycles. The van der Waals surface area contributed by atoms with Crippen LogP contribution in [0, 0.1) is 58.2 Å². The molecule has 0 aromatic rings. The first kappa shape index (κ1) is 26.6. The largest absolute Gasteiger partial charge is 0.390 e. The Morgan fingerprint density at radius 2 is 1.59 bits per heavy atom. The maximum absolute atomic E-state index is 13.4. The van der Waals surface area contributed by atoms with Crippen LogP contribution in [0.2, 0.25) is 0 Å². The Labute approximate surface area is 206 Å². The van der Waals surface area contributed by atoms with Crippen LogP contribution in [0.4, 0.5) is 0 Å². The number of carbonyl (C=O) groups is 1. The van der Waals surface area contributed by atoms with Gasteiger partial charge in [0, 0.05) is 12.3 Å². The first-order valence-electron chi connectivity index (χ1n) is 14.1. The van der Waals surface area contributed by atoms with E-state index in [1.54, 1.807) is 0 Å². The van der Waals surface area contributed by atoms with E-state index in [0.717, 1.165) is 32.1 Å². The van der Waals surface area contributed by atoms with Crippen LogP contribution in [0.5, 0.6) is 0 Å². The summed E-state index contributed by atoms with van der Waals surface area (Å²) in [4.78, 5) is 13.4. The molecule has 34 heavy (non-hydrogen) atoms. The van der Waals surface area contributed by atoms with E-state index < -0.39 is 24.4 Å². The average Bonchev–Trinajstić information content (AvgIpc) is 3.12. The van der Waals surface area contributed by atoms with Crippen molar-refractivity contribution in [3.63, 3.8) is 0 Å². The Morgan fingerprint density at radius 1 is 0.941 bits per heavy atom. The third kappa shape index (κ3) is 4.01. The first-order chi connectivity index (χ1) is 15.9. The van der Waals surface area contributed by atoms with Crippen LogP contribution in [-0.4, -0.2) is 50.6 Å². The van der Waals surface area contributed by atoms with E-state index in [-0.39, 0.29) is 34.4 Å². The fraction of sp³-hybridized carbons (Fsp3) is 0.966. The van der Waals surface area contributed by atoms with Gasteiger partial charge in [0.2, 0.25) is 0 Å². The van der Waals surface area contributed by atoms with Crippen LogP contribution in [0.25, 0.3) is 0 Å². The molecule has 0 spiro atoms. The molecular formula is C29H50O5.